The fraction of sp³-hybridized carbons (Fsp3) is 0.238. The molecular weight excluding hydrogens is 385 g/mol. The van der Waals surface area contributed by atoms with Crippen molar-refractivity contribution in [1.29, 1.82) is 0 Å². The number of carbonyl (C=O) groups excluding carboxylic acids is 1. The van der Waals surface area contributed by atoms with Gasteiger partial charge in [-0.2, -0.15) is 0 Å². The Labute approximate surface area is 166 Å². The summed E-state index contributed by atoms with van der Waals surface area (Å²) in [5.41, 5.74) is 0.480. The van der Waals surface area contributed by atoms with E-state index in [0.29, 0.717) is 22.3 Å². The fourth-order valence-electron chi connectivity index (χ4n) is 2.81. The molecule has 1 unspecified atom stereocenters. The van der Waals surface area contributed by atoms with Crippen molar-refractivity contribution in [3.05, 3.63) is 63.7 Å². The predicted molar refractivity (Wildman–Crippen MR) is 106 cm³/mol. The third-order valence-electron chi connectivity index (χ3n) is 4.07. The van der Waals surface area contributed by atoms with E-state index in [1.807, 2.05) is 13.8 Å². The summed E-state index contributed by atoms with van der Waals surface area (Å²) in [4.78, 5) is 24.1. The maximum Gasteiger partial charge on any atom is 0.336 e. The summed E-state index contributed by atoms with van der Waals surface area (Å²) in [6, 6.07) is 10.5. The van der Waals surface area contributed by atoms with E-state index in [-0.39, 0.29) is 22.6 Å². The minimum absolute atomic E-state index is 0.00764. The lowest BCUT2D eigenvalue weighted by Crippen LogP contribution is -2.40. The number of hydrogen-bond acceptors (Lipinski definition) is 4. The van der Waals surface area contributed by atoms with Gasteiger partial charge in [-0.1, -0.05) is 23.7 Å². The second-order valence-corrected chi connectivity index (χ2v) is 7.04. The van der Waals surface area contributed by atoms with E-state index in [9.17, 15) is 14.0 Å². The average molecular weight is 404 g/mol. The molecule has 0 saturated carbocycles. The summed E-state index contributed by atoms with van der Waals surface area (Å²) in [6.07, 6.45) is -0.729. The minimum atomic E-state index is -0.729. The summed E-state index contributed by atoms with van der Waals surface area (Å²) in [5.74, 6) is -0.466. The molecule has 3 rings (SSSR count). The molecule has 146 valence electrons. The summed E-state index contributed by atoms with van der Waals surface area (Å²) >= 11 is 6.08. The number of hydrogen-bond donors (Lipinski definition) is 1. The van der Waals surface area contributed by atoms with Gasteiger partial charge in [-0.05, 0) is 39.0 Å². The zero-order valence-corrected chi connectivity index (χ0v) is 16.3. The van der Waals surface area contributed by atoms with Crippen molar-refractivity contribution in [2.24, 2.45) is 0 Å². The highest BCUT2D eigenvalue weighted by atomic mass is 35.5. The van der Waals surface area contributed by atoms with E-state index in [0.717, 1.165) is 0 Å². The van der Waals surface area contributed by atoms with Crippen molar-refractivity contribution in [2.75, 3.05) is 0 Å². The maximum absolute atomic E-state index is 13.8. The Morgan fingerprint density at radius 1 is 1.14 bits per heavy atom. The van der Waals surface area contributed by atoms with E-state index >= 15 is 0 Å². The summed E-state index contributed by atoms with van der Waals surface area (Å²) in [7, 11) is 0. The van der Waals surface area contributed by atoms with E-state index in [4.69, 9.17) is 20.8 Å². The Balaban J connectivity index is 2.01. The molecule has 3 aromatic rings. The van der Waals surface area contributed by atoms with Crippen LogP contribution in [0.2, 0.25) is 5.02 Å². The van der Waals surface area contributed by atoms with Gasteiger partial charge >= 0.3 is 5.63 Å². The Kier molecular flexibility index (Phi) is 5.70. The molecule has 1 atom stereocenters. The lowest BCUT2D eigenvalue weighted by molar-refractivity contribution is -0.127. The molecule has 1 heterocycles. The fourth-order valence-corrected chi connectivity index (χ4v) is 3.04. The Morgan fingerprint density at radius 3 is 2.61 bits per heavy atom. The summed E-state index contributed by atoms with van der Waals surface area (Å²) in [6.45, 7) is 5.34. The van der Waals surface area contributed by atoms with Gasteiger partial charge in [0.05, 0.1) is 5.02 Å². The molecule has 0 spiro atoms. The second-order valence-electron chi connectivity index (χ2n) is 6.66. The molecule has 1 aromatic heterocycles. The van der Waals surface area contributed by atoms with Gasteiger partial charge in [-0.25, -0.2) is 9.18 Å². The van der Waals surface area contributed by atoms with Crippen LogP contribution in [-0.4, -0.2) is 18.1 Å². The molecule has 2 aromatic carbocycles. The highest BCUT2D eigenvalue weighted by molar-refractivity contribution is 6.33. The van der Waals surface area contributed by atoms with Gasteiger partial charge in [0.1, 0.15) is 17.1 Å². The second kappa shape index (κ2) is 8.02. The SMILES string of the molecule is CC(C)NC(=O)C(C)Oc1ccc2c(-c3cccc(F)c3Cl)cc(=O)oc2c1. The van der Waals surface area contributed by atoms with E-state index < -0.39 is 17.5 Å². The van der Waals surface area contributed by atoms with Crippen molar-refractivity contribution in [1.82, 2.24) is 5.32 Å². The third-order valence-corrected chi connectivity index (χ3v) is 4.45. The molecule has 7 heteroatoms. The van der Waals surface area contributed by atoms with Crippen LogP contribution < -0.4 is 15.7 Å². The molecular formula is C21H19ClFNO4. The van der Waals surface area contributed by atoms with Crippen molar-refractivity contribution >= 4 is 28.5 Å². The number of benzene rings is 2. The van der Waals surface area contributed by atoms with Gasteiger partial charge < -0.3 is 14.5 Å². The zero-order chi connectivity index (χ0) is 20.4. The molecule has 1 amide bonds. The average Bonchev–Trinajstić information content (AvgIpc) is 2.62. The Morgan fingerprint density at radius 2 is 1.89 bits per heavy atom. The first-order chi connectivity index (χ1) is 13.3. The molecule has 0 aliphatic carbocycles. The van der Waals surface area contributed by atoms with Crippen LogP contribution in [0.3, 0.4) is 0 Å². The molecule has 28 heavy (non-hydrogen) atoms. The third kappa shape index (κ3) is 4.17. The number of fused-ring (bicyclic) bond motifs is 1. The molecule has 0 aliphatic rings. The predicted octanol–water partition coefficient (Wildman–Crippen LogP) is 4.54. The topological polar surface area (TPSA) is 68.5 Å². The van der Waals surface area contributed by atoms with Gasteiger partial charge in [-0.15, -0.1) is 0 Å². The maximum atomic E-state index is 13.8. The van der Waals surface area contributed by atoms with Gasteiger partial charge in [-0.3, -0.25) is 4.79 Å². The molecule has 0 radical (unpaired) electrons. The normalized spacial score (nSPS) is 12.2. The number of rotatable bonds is 5. The monoisotopic (exact) mass is 403 g/mol. The van der Waals surface area contributed by atoms with Gasteiger partial charge in [0.25, 0.3) is 5.91 Å². The van der Waals surface area contributed by atoms with Gasteiger partial charge in [0, 0.05) is 34.7 Å². The number of nitrogens with one attached hydrogen (secondary N) is 1. The first kappa shape index (κ1) is 19.9. The van der Waals surface area contributed by atoms with Crippen molar-refractivity contribution < 1.29 is 18.3 Å². The Hall–Kier alpha value is -2.86. The van der Waals surface area contributed by atoms with Crippen LogP contribution in [0.15, 0.2) is 51.7 Å². The highest BCUT2D eigenvalue weighted by Gasteiger charge is 2.17. The molecule has 1 N–H and O–H groups in total. The lowest BCUT2D eigenvalue weighted by Gasteiger charge is -2.17. The van der Waals surface area contributed by atoms with Gasteiger partial charge in [0.15, 0.2) is 6.10 Å². The zero-order valence-electron chi connectivity index (χ0n) is 15.6. The van der Waals surface area contributed by atoms with Crippen molar-refractivity contribution in [2.45, 2.75) is 32.9 Å². The highest BCUT2D eigenvalue weighted by Crippen LogP contribution is 2.35. The van der Waals surface area contributed by atoms with Crippen LogP contribution in [0.4, 0.5) is 4.39 Å². The number of carbonyl (C=O) groups is 1. The number of amides is 1. The summed E-state index contributed by atoms with van der Waals surface area (Å²) in [5, 5.41) is 3.26. The van der Waals surface area contributed by atoms with Crippen LogP contribution >= 0.6 is 11.6 Å². The molecule has 0 bridgehead atoms. The molecule has 0 saturated heterocycles. The molecule has 5 nitrogen and oxygen atoms in total. The molecule has 0 fully saturated rings. The van der Waals surface area contributed by atoms with Gasteiger partial charge in [0.2, 0.25) is 0 Å². The standard InChI is InChI=1S/C21H19ClFNO4/c1-11(2)24-21(26)12(3)27-13-7-8-14-16(10-19(25)28-18(14)9-13)15-5-4-6-17(23)20(15)22/h4-12H,1-3H3,(H,24,26). The van der Waals surface area contributed by atoms with E-state index in [1.165, 1.54) is 24.3 Å². The van der Waals surface area contributed by atoms with Crippen LogP contribution in [0, 0.1) is 5.82 Å². The van der Waals surface area contributed by atoms with E-state index in [2.05, 4.69) is 5.32 Å². The molecule has 0 aliphatic heterocycles. The van der Waals surface area contributed by atoms with Crippen molar-refractivity contribution in [3.63, 3.8) is 0 Å². The first-order valence-electron chi connectivity index (χ1n) is 8.75. The largest absolute Gasteiger partial charge is 0.481 e. The first-order valence-corrected chi connectivity index (χ1v) is 9.13. The van der Waals surface area contributed by atoms with Crippen LogP contribution in [0.5, 0.6) is 5.75 Å². The Bertz CT molecular complexity index is 1090. The quantitative estimate of drug-likeness (QED) is 0.635. The minimum Gasteiger partial charge on any atom is -0.481 e. The van der Waals surface area contributed by atoms with Crippen molar-refractivity contribution in [3.8, 4) is 16.9 Å². The lowest BCUT2D eigenvalue weighted by atomic mass is 10.0. The van der Waals surface area contributed by atoms with Crippen LogP contribution in [0.25, 0.3) is 22.1 Å². The van der Waals surface area contributed by atoms with Crippen LogP contribution in [-0.2, 0) is 4.79 Å². The summed E-state index contributed by atoms with van der Waals surface area (Å²) < 4.78 is 24.8. The number of ether oxygens (including phenoxy) is 1. The number of halogens is 2. The van der Waals surface area contributed by atoms with E-state index in [1.54, 1.807) is 25.1 Å². The smallest absolute Gasteiger partial charge is 0.336 e. The van der Waals surface area contributed by atoms with Crippen LogP contribution in [0.1, 0.15) is 20.8 Å².